The topological polar surface area (TPSA) is 12.0 Å². The summed E-state index contributed by atoms with van der Waals surface area (Å²) in [4.78, 5) is 0. The third kappa shape index (κ3) is 1.05. The van der Waals surface area contributed by atoms with Crippen molar-refractivity contribution in [1.82, 2.24) is 5.32 Å². The molecule has 1 atom stereocenters. The van der Waals surface area contributed by atoms with Crippen LogP contribution >= 0.6 is 0 Å². The van der Waals surface area contributed by atoms with Crippen LogP contribution in [-0.4, -0.2) is 13.6 Å². The van der Waals surface area contributed by atoms with Crippen LogP contribution in [0.25, 0.3) is 0 Å². The highest BCUT2D eigenvalue weighted by molar-refractivity contribution is 5.45. The van der Waals surface area contributed by atoms with Crippen LogP contribution in [0, 0.1) is 6.92 Å². The fraction of sp³-hybridized carbons (Fsp3) is 0.455. The fourth-order valence-electron chi connectivity index (χ4n) is 2.04. The van der Waals surface area contributed by atoms with E-state index in [1.54, 1.807) is 11.1 Å². The number of nitrogens with one attached hydrogen (secondary N) is 1. The molecule has 1 aliphatic carbocycles. The molecule has 0 amide bonds. The summed E-state index contributed by atoms with van der Waals surface area (Å²) in [7, 11) is 2.02. The number of rotatable bonds is 2. The summed E-state index contributed by atoms with van der Waals surface area (Å²) in [6.07, 6.45) is 1.27. The van der Waals surface area contributed by atoms with Crippen LogP contribution in [0.5, 0.6) is 0 Å². The molecule has 12 heavy (non-hydrogen) atoms. The summed E-state index contributed by atoms with van der Waals surface area (Å²) < 4.78 is 0. The molecule has 1 aliphatic rings. The Morgan fingerprint density at radius 3 is 3.08 bits per heavy atom. The third-order valence-corrected chi connectivity index (χ3v) is 2.79. The van der Waals surface area contributed by atoms with Gasteiger partial charge in [0.25, 0.3) is 0 Å². The van der Waals surface area contributed by atoms with Gasteiger partial charge < -0.3 is 5.32 Å². The zero-order valence-corrected chi connectivity index (χ0v) is 7.72. The van der Waals surface area contributed by atoms with Gasteiger partial charge >= 0.3 is 0 Å². The lowest BCUT2D eigenvalue weighted by Crippen LogP contribution is -2.27. The predicted molar refractivity (Wildman–Crippen MR) is 51.6 cm³/mol. The second-order valence-corrected chi connectivity index (χ2v) is 3.60. The van der Waals surface area contributed by atoms with Crippen molar-refractivity contribution >= 4 is 0 Å². The van der Waals surface area contributed by atoms with Gasteiger partial charge in [-0.05, 0) is 37.1 Å². The van der Waals surface area contributed by atoms with Gasteiger partial charge in [0.05, 0.1) is 0 Å². The molecule has 0 aromatic heterocycles. The van der Waals surface area contributed by atoms with Gasteiger partial charge in [0.15, 0.2) is 0 Å². The van der Waals surface area contributed by atoms with E-state index in [1.807, 2.05) is 7.05 Å². The molecule has 2 rings (SSSR count). The smallest absolute Gasteiger partial charge is 0.00204 e. The van der Waals surface area contributed by atoms with Crippen LogP contribution in [-0.2, 0) is 6.42 Å². The van der Waals surface area contributed by atoms with Crippen LogP contribution in [0.15, 0.2) is 18.2 Å². The second-order valence-electron chi connectivity index (χ2n) is 3.60. The summed E-state index contributed by atoms with van der Waals surface area (Å²) in [6.45, 7) is 3.32. The van der Waals surface area contributed by atoms with Crippen molar-refractivity contribution in [2.45, 2.75) is 19.3 Å². The first-order valence-corrected chi connectivity index (χ1v) is 4.56. The van der Waals surface area contributed by atoms with Crippen molar-refractivity contribution in [3.8, 4) is 0 Å². The maximum atomic E-state index is 3.23. The number of fused-ring (bicyclic) bond motifs is 1. The Labute approximate surface area is 73.8 Å². The van der Waals surface area contributed by atoms with Crippen LogP contribution in [0.4, 0.5) is 0 Å². The summed E-state index contributed by atoms with van der Waals surface area (Å²) in [5, 5.41) is 3.23. The molecule has 1 aromatic rings. The quantitative estimate of drug-likeness (QED) is 0.698. The molecule has 0 fully saturated rings. The molecule has 1 nitrogen and oxygen atoms in total. The molecule has 64 valence electrons. The lowest BCUT2D eigenvalue weighted by molar-refractivity contribution is 0.565. The number of hydrogen-bond donors (Lipinski definition) is 1. The van der Waals surface area contributed by atoms with Crippen LogP contribution in [0.2, 0.25) is 0 Å². The highest BCUT2D eigenvalue weighted by atomic mass is 14.8. The Hall–Kier alpha value is -0.820. The molecular weight excluding hydrogens is 146 g/mol. The van der Waals surface area contributed by atoms with E-state index in [4.69, 9.17) is 0 Å². The van der Waals surface area contributed by atoms with Crippen LogP contribution in [0.1, 0.15) is 22.6 Å². The number of aryl methyl sites for hydroxylation is 1. The third-order valence-electron chi connectivity index (χ3n) is 2.79. The minimum absolute atomic E-state index is 0.768. The van der Waals surface area contributed by atoms with Crippen molar-refractivity contribution in [3.05, 3.63) is 34.9 Å². The van der Waals surface area contributed by atoms with Gasteiger partial charge in [-0.1, -0.05) is 18.2 Å². The highest BCUT2D eigenvalue weighted by Crippen LogP contribution is 2.36. The maximum Gasteiger partial charge on any atom is 0.00204 e. The van der Waals surface area contributed by atoms with Crippen molar-refractivity contribution in [2.24, 2.45) is 0 Å². The molecule has 0 radical (unpaired) electrons. The van der Waals surface area contributed by atoms with Crippen molar-refractivity contribution in [1.29, 1.82) is 0 Å². The largest absolute Gasteiger partial charge is 0.319 e. The molecule has 1 unspecified atom stereocenters. The summed E-state index contributed by atoms with van der Waals surface area (Å²) in [6, 6.07) is 6.62. The van der Waals surface area contributed by atoms with E-state index in [0.717, 1.165) is 12.5 Å². The van der Waals surface area contributed by atoms with Crippen LogP contribution < -0.4 is 5.32 Å². The van der Waals surface area contributed by atoms with Gasteiger partial charge in [-0.15, -0.1) is 0 Å². The Morgan fingerprint density at radius 1 is 1.50 bits per heavy atom. The monoisotopic (exact) mass is 161 g/mol. The Kier molecular flexibility index (Phi) is 1.89. The first-order valence-electron chi connectivity index (χ1n) is 4.56. The zero-order valence-electron chi connectivity index (χ0n) is 7.72. The second kappa shape index (κ2) is 2.91. The van der Waals surface area contributed by atoms with E-state index in [1.165, 1.54) is 12.0 Å². The summed E-state index contributed by atoms with van der Waals surface area (Å²) >= 11 is 0. The molecule has 0 heterocycles. The van der Waals surface area contributed by atoms with E-state index < -0.39 is 0 Å². The Bertz CT molecular complexity index is 291. The van der Waals surface area contributed by atoms with Gasteiger partial charge in [-0.3, -0.25) is 0 Å². The van der Waals surface area contributed by atoms with Gasteiger partial charge in [0.1, 0.15) is 0 Å². The maximum absolute atomic E-state index is 3.23. The van der Waals surface area contributed by atoms with E-state index in [0.29, 0.717) is 0 Å². The average Bonchev–Trinajstić information content (AvgIpc) is 2.04. The van der Waals surface area contributed by atoms with Gasteiger partial charge in [0.2, 0.25) is 0 Å². The van der Waals surface area contributed by atoms with Crippen LogP contribution in [0.3, 0.4) is 0 Å². The first kappa shape index (κ1) is 7.81. The van der Waals surface area contributed by atoms with Gasteiger partial charge in [-0.25, -0.2) is 0 Å². The minimum atomic E-state index is 0.768. The SMILES string of the molecule is CNCC1Cc2c(C)cccc21. The molecular formula is C11H15N. The number of likely N-dealkylation sites (N-methyl/N-ethyl adjacent to an activating group) is 1. The lowest BCUT2D eigenvalue weighted by Gasteiger charge is -2.31. The molecule has 0 saturated heterocycles. The highest BCUT2D eigenvalue weighted by Gasteiger charge is 2.25. The van der Waals surface area contributed by atoms with E-state index in [2.05, 4.69) is 30.4 Å². The van der Waals surface area contributed by atoms with E-state index >= 15 is 0 Å². The first-order chi connectivity index (χ1) is 5.83. The molecule has 0 spiro atoms. The molecule has 0 bridgehead atoms. The average molecular weight is 161 g/mol. The summed E-state index contributed by atoms with van der Waals surface area (Å²) in [5.41, 5.74) is 4.60. The van der Waals surface area contributed by atoms with Crippen molar-refractivity contribution in [3.63, 3.8) is 0 Å². The fourth-order valence-corrected chi connectivity index (χ4v) is 2.04. The zero-order chi connectivity index (χ0) is 8.55. The standard InChI is InChI=1S/C11H15N/c1-8-4-3-5-10-9(7-12-2)6-11(8)10/h3-5,9,12H,6-7H2,1-2H3. The van der Waals surface area contributed by atoms with Crippen molar-refractivity contribution in [2.75, 3.05) is 13.6 Å². The predicted octanol–water partition coefficient (Wildman–Crippen LogP) is 1.85. The van der Waals surface area contributed by atoms with E-state index in [-0.39, 0.29) is 0 Å². The Balaban J connectivity index is 2.24. The Morgan fingerprint density at radius 2 is 2.33 bits per heavy atom. The molecule has 0 aliphatic heterocycles. The lowest BCUT2D eigenvalue weighted by atomic mass is 9.75. The molecule has 1 aromatic carbocycles. The van der Waals surface area contributed by atoms with Gasteiger partial charge in [-0.2, -0.15) is 0 Å². The molecule has 1 N–H and O–H groups in total. The van der Waals surface area contributed by atoms with E-state index in [9.17, 15) is 0 Å². The van der Waals surface area contributed by atoms with Gasteiger partial charge in [0, 0.05) is 12.5 Å². The minimum Gasteiger partial charge on any atom is -0.319 e. The summed E-state index contributed by atoms with van der Waals surface area (Å²) in [5.74, 6) is 0.768. The normalized spacial score (nSPS) is 20.0. The van der Waals surface area contributed by atoms with Crippen molar-refractivity contribution < 1.29 is 0 Å². The number of benzene rings is 1. The molecule has 1 heteroatoms. The molecule has 0 saturated carbocycles. The number of hydrogen-bond acceptors (Lipinski definition) is 1.